The number of hydrogen-bond acceptors (Lipinski definition) is 3. The summed E-state index contributed by atoms with van der Waals surface area (Å²) in [7, 11) is 0. The predicted octanol–water partition coefficient (Wildman–Crippen LogP) is 3.06. The van der Waals surface area contributed by atoms with Gasteiger partial charge < -0.3 is 10.1 Å². The van der Waals surface area contributed by atoms with Crippen molar-refractivity contribution in [2.75, 3.05) is 6.61 Å². The molecule has 114 valence electrons. The van der Waals surface area contributed by atoms with E-state index < -0.39 is 11.9 Å². The molecule has 0 unspecified atom stereocenters. The fourth-order valence-corrected chi connectivity index (χ4v) is 2.08. The van der Waals surface area contributed by atoms with Crippen LogP contribution in [0.15, 0.2) is 53.0 Å². The summed E-state index contributed by atoms with van der Waals surface area (Å²) in [5, 5.41) is 2.59. The van der Waals surface area contributed by atoms with Gasteiger partial charge in [0, 0.05) is 11.0 Å². The number of halogens is 2. The van der Waals surface area contributed by atoms with Crippen LogP contribution in [0.3, 0.4) is 0 Å². The molecule has 1 N–H and O–H groups in total. The Labute approximate surface area is 135 Å². The van der Waals surface area contributed by atoms with Crippen LogP contribution in [0, 0.1) is 5.82 Å². The van der Waals surface area contributed by atoms with E-state index in [1.807, 2.05) is 0 Å². The Kier molecular flexibility index (Phi) is 5.66. The molecule has 6 heteroatoms. The highest BCUT2D eigenvalue weighted by Crippen LogP contribution is 2.12. The van der Waals surface area contributed by atoms with Crippen LogP contribution in [-0.2, 0) is 16.1 Å². The van der Waals surface area contributed by atoms with Crippen LogP contribution in [0.25, 0.3) is 0 Å². The number of carbonyl (C=O) groups excluding carboxylic acids is 2. The van der Waals surface area contributed by atoms with E-state index in [0.717, 1.165) is 10.0 Å². The number of rotatable bonds is 5. The minimum Gasteiger partial charge on any atom is -0.452 e. The van der Waals surface area contributed by atoms with Gasteiger partial charge in [-0.2, -0.15) is 0 Å². The van der Waals surface area contributed by atoms with E-state index in [1.54, 1.807) is 36.4 Å². The van der Waals surface area contributed by atoms with Gasteiger partial charge >= 0.3 is 5.97 Å². The Bertz CT molecular complexity index is 673. The average Bonchev–Trinajstić information content (AvgIpc) is 2.52. The molecule has 1 amide bonds. The van der Waals surface area contributed by atoms with Crippen LogP contribution in [0.2, 0.25) is 0 Å². The molecular weight excluding hydrogens is 353 g/mol. The van der Waals surface area contributed by atoms with Gasteiger partial charge in [0.25, 0.3) is 5.91 Å². The minimum atomic E-state index is -0.571. The van der Waals surface area contributed by atoms with Crippen molar-refractivity contribution in [2.45, 2.75) is 6.54 Å². The molecule has 22 heavy (non-hydrogen) atoms. The van der Waals surface area contributed by atoms with Gasteiger partial charge in [0.15, 0.2) is 6.61 Å². The second-order valence-corrected chi connectivity index (χ2v) is 5.41. The smallest absolute Gasteiger partial charge is 0.338 e. The zero-order chi connectivity index (χ0) is 15.9. The molecular formula is C16H13BrFNO3. The maximum Gasteiger partial charge on any atom is 0.338 e. The molecule has 0 bridgehead atoms. The third kappa shape index (κ3) is 4.96. The maximum atomic E-state index is 12.7. The fraction of sp³-hybridized carbons (Fsp3) is 0.125. The minimum absolute atomic E-state index is 0.244. The van der Waals surface area contributed by atoms with Crippen LogP contribution < -0.4 is 5.32 Å². The molecule has 2 aromatic rings. The molecule has 0 saturated carbocycles. The number of carbonyl (C=O) groups is 2. The Morgan fingerprint density at radius 2 is 1.86 bits per heavy atom. The van der Waals surface area contributed by atoms with Gasteiger partial charge in [-0.3, -0.25) is 4.79 Å². The van der Waals surface area contributed by atoms with Crippen molar-refractivity contribution in [2.24, 2.45) is 0 Å². The highest BCUT2D eigenvalue weighted by molar-refractivity contribution is 9.10. The molecule has 2 aromatic carbocycles. The first-order valence-corrected chi connectivity index (χ1v) is 7.28. The monoisotopic (exact) mass is 365 g/mol. The molecule has 0 aromatic heterocycles. The molecule has 0 aliphatic rings. The van der Waals surface area contributed by atoms with Crippen molar-refractivity contribution in [1.82, 2.24) is 5.32 Å². The fourth-order valence-electron chi connectivity index (χ4n) is 1.68. The van der Waals surface area contributed by atoms with E-state index >= 15 is 0 Å². The molecule has 2 rings (SSSR count). The van der Waals surface area contributed by atoms with E-state index in [4.69, 9.17) is 4.74 Å². The van der Waals surface area contributed by atoms with Gasteiger partial charge in [-0.25, -0.2) is 9.18 Å². The van der Waals surface area contributed by atoms with E-state index in [9.17, 15) is 14.0 Å². The summed E-state index contributed by atoms with van der Waals surface area (Å²) >= 11 is 3.25. The number of amides is 1. The van der Waals surface area contributed by atoms with Gasteiger partial charge in [0.2, 0.25) is 0 Å². The summed E-state index contributed by atoms with van der Waals surface area (Å²) in [6.45, 7) is -0.125. The molecule has 0 aliphatic carbocycles. The lowest BCUT2D eigenvalue weighted by Crippen LogP contribution is -2.28. The zero-order valence-electron chi connectivity index (χ0n) is 11.5. The molecule has 0 radical (unpaired) electrons. The van der Waals surface area contributed by atoms with E-state index in [1.165, 1.54) is 12.1 Å². The second-order valence-electron chi connectivity index (χ2n) is 4.49. The van der Waals surface area contributed by atoms with E-state index in [0.29, 0.717) is 5.56 Å². The number of hydrogen-bond donors (Lipinski definition) is 1. The Morgan fingerprint density at radius 3 is 2.55 bits per heavy atom. The summed E-state index contributed by atoms with van der Waals surface area (Å²) < 4.78 is 18.4. The number of esters is 1. The summed E-state index contributed by atoms with van der Waals surface area (Å²) in [6, 6.07) is 12.5. The summed E-state index contributed by atoms with van der Waals surface area (Å²) in [4.78, 5) is 23.4. The first-order chi connectivity index (χ1) is 10.5. The van der Waals surface area contributed by atoms with Crippen molar-refractivity contribution in [3.63, 3.8) is 0 Å². The van der Waals surface area contributed by atoms with E-state index in [2.05, 4.69) is 21.2 Å². The lowest BCUT2D eigenvalue weighted by Gasteiger charge is -2.07. The first-order valence-electron chi connectivity index (χ1n) is 6.48. The largest absolute Gasteiger partial charge is 0.452 e. The number of nitrogens with one attached hydrogen (secondary N) is 1. The third-order valence-electron chi connectivity index (χ3n) is 2.80. The highest BCUT2D eigenvalue weighted by Gasteiger charge is 2.10. The normalized spacial score (nSPS) is 10.1. The van der Waals surface area contributed by atoms with E-state index in [-0.39, 0.29) is 19.0 Å². The predicted molar refractivity (Wildman–Crippen MR) is 82.7 cm³/mol. The van der Waals surface area contributed by atoms with Crippen molar-refractivity contribution >= 4 is 27.8 Å². The number of ether oxygens (including phenoxy) is 1. The lowest BCUT2D eigenvalue weighted by atomic mass is 10.2. The van der Waals surface area contributed by atoms with Crippen LogP contribution >= 0.6 is 15.9 Å². The molecule has 4 nitrogen and oxygen atoms in total. The summed E-state index contributed by atoms with van der Waals surface area (Å²) in [5.74, 6) is -1.33. The van der Waals surface area contributed by atoms with Crippen molar-refractivity contribution in [3.8, 4) is 0 Å². The first kappa shape index (κ1) is 16.2. The van der Waals surface area contributed by atoms with Gasteiger partial charge in [-0.1, -0.05) is 34.1 Å². The molecule has 0 spiro atoms. The Hall–Kier alpha value is -2.21. The lowest BCUT2D eigenvalue weighted by molar-refractivity contribution is -0.124. The maximum absolute atomic E-state index is 12.7. The van der Waals surface area contributed by atoms with Crippen molar-refractivity contribution in [3.05, 3.63) is 69.9 Å². The third-order valence-corrected chi connectivity index (χ3v) is 3.29. The van der Waals surface area contributed by atoms with Crippen molar-refractivity contribution in [1.29, 1.82) is 0 Å². The van der Waals surface area contributed by atoms with Gasteiger partial charge in [0.05, 0.1) is 5.56 Å². The summed E-state index contributed by atoms with van der Waals surface area (Å²) in [5.41, 5.74) is 1.12. The SMILES string of the molecule is O=C(COC(=O)c1cccc(Br)c1)NCc1ccc(F)cc1. The molecule has 0 fully saturated rings. The molecule has 0 aliphatic heterocycles. The second kappa shape index (κ2) is 7.70. The summed E-state index contributed by atoms with van der Waals surface area (Å²) in [6.07, 6.45) is 0. The van der Waals surface area contributed by atoms with Gasteiger partial charge in [-0.15, -0.1) is 0 Å². The van der Waals surface area contributed by atoms with Crippen LogP contribution in [-0.4, -0.2) is 18.5 Å². The Balaban J connectivity index is 1.78. The van der Waals surface area contributed by atoms with Crippen LogP contribution in [0.4, 0.5) is 4.39 Å². The highest BCUT2D eigenvalue weighted by atomic mass is 79.9. The standard InChI is InChI=1S/C16H13BrFNO3/c17-13-3-1-2-12(8-13)16(21)22-10-15(20)19-9-11-4-6-14(18)7-5-11/h1-8H,9-10H2,(H,19,20). The number of benzene rings is 2. The topological polar surface area (TPSA) is 55.4 Å². The Morgan fingerprint density at radius 1 is 1.14 bits per heavy atom. The molecule has 0 atom stereocenters. The van der Waals surface area contributed by atoms with Crippen LogP contribution in [0.1, 0.15) is 15.9 Å². The quantitative estimate of drug-likeness (QED) is 0.828. The zero-order valence-corrected chi connectivity index (χ0v) is 13.1. The van der Waals surface area contributed by atoms with Gasteiger partial charge in [-0.05, 0) is 35.9 Å². The van der Waals surface area contributed by atoms with Gasteiger partial charge in [0.1, 0.15) is 5.82 Å². The molecule has 0 heterocycles. The average molecular weight is 366 g/mol. The molecule has 0 saturated heterocycles. The van der Waals surface area contributed by atoms with Crippen molar-refractivity contribution < 1.29 is 18.7 Å². The van der Waals surface area contributed by atoms with Crippen LogP contribution in [0.5, 0.6) is 0 Å².